The maximum absolute atomic E-state index is 10.7. The minimum absolute atomic E-state index is 0.0122. The summed E-state index contributed by atoms with van der Waals surface area (Å²) in [5.74, 6) is 0.916. The van der Waals surface area contributed by atoms with Crippen molar-refractivity contribution >= 4 is 19.7 Å². The highest BCUT2D eigenvalue weighted by Gasteiger charge is 2.08. The van der Waals surface area contributed by atoms with Crippen molar-refractivity contribution in [3.05, 3.63) is 24.3 Å². The van der Waals surface area contributed by atoms with Gasteiger partial charge in [0.05, 0.1) is 12.4 Å². The molecule has 0 fully saturated rings. The zero-order valence-electron chi connectivity index (χ0n) is 9.56. The number of para-hydroxylation sites is 2. The lowest BCUT2D eigenvalue weighted by Crippen LogP contribution is -2.09. The lowest BCUT2D eigenvalue weighted by molar-refractivity contribution is 0.277. The first-order chi connectivity index (χ1) is 8.03. The van der Waals surface area contributed by atoms with Crippen molar-refractivity contribution in [2.75, 3.05) is 19.0 Å². The van der Waals surface area contributed by atoms with Crippen molar-refractivity contribution in [3.63, 3.8) is 0 Å². The van der Waals surface area contributed by atoms with Gasteiger partial charge in [-0.3, -0.25) is 0 Å². The quantitative estimate of drug-likeness (QED) is 0.719. The summed E-state index contributed by atoms with van der Waals surface area (Å²) in [5.41, 5.74) is 0. The fraction of sp³-hybridized carbons (Fsp3) is 0.455. The average Bonchev–Trinajstić information content (AvgIpc) is 2.26. The Morgan fingerprint density at radius 1 is 1.12 bits per heavy atom. The van der Waals surface area contributed by atoms with Crippen molar-refractivity contribution in [1.82, 2.24) is 0 Å². The van der Waals surface area contributed by atoms with Crippen LogP contribution < -0.4 is 9.47 Å². The molecule has 0 unspecified atom stereocenters. The van der Waals surface area contributed by atoms with Crippen LogP contribution in [0.4, 0.5) is 0 Å². The number of hydrogen-bond donors (Lipinski definition) is 0. The van der Waals surface area contributed by atoms with Crippen LogP contribution >= 0.6 is 10.7 Å². The van der Waals surface area contributed by atoms with Crippen molar-refractivity contribution in [3.8, 4) is 11.5 Å². The first kappa shape index (κ1) is 14.1. The molecular formula is C11H15ClO4S. The Labute approximate surface area is 106 Å². The molecule has 0 saturated carbocycles. The minimum atomic E-state index is -3.52. The fourth-order valence-electron chi connectivity index (χ4n) is 1.15. The molecule has 1 rings (SSSR count). The summed E-state index contributed by atoms with van der Waals surface area (Å²) in [4.78, 5) is 0. The Morgan fingerprint density at radius 2 is 1.65 bits per heavy atom. The van der Waals surface area contributed by atoms with Crippen LogP contribution in [0.1, 0.15) is 13.3 Å². The standard InChI is InChI=1S/C11H15ClO4S/c1-2-7-15-10-5-3-4-6-11(10)16-8-9-17(12,13)14/h3-6H,2,7-9H2,1H3. The summed E-state index contributed by atoms with van der Waals surface area (Å²) in [6.07, 6.45) is 0.893. The maximum atomic E-state index is 10.7. The molecule has 0 heterocycles. The number of halogens is 1. The van der Waals surface area contributed by atoms with Crippen molar-refractivity contribution in [2.45, 2.75) is 13.3 Å². The van der Waals surface area contributed by atoms with E-state index >= 15 is 0 Å². The van der Waals surface area contributed by atoms with Crippen LogP contribution in [0, 0.1) is 0 Å². The highest BCUT2D eigenvalue weighted by Crippen LogP contribution is 2.26. The van der Waals surface area contributed by atoms with E-state index in [0.717, 1.165) is 6.42 Å². The third-order valence-electron chi connectivity index (χ3n) is 1.90. The van der Waals surface area contributed by atoms with E-state index in [2.05, 4.69) is 0 Å². The molecule has 4 nitrogen and oxygen atoms in total. The molecule has 17 heavy (non-hydrogen) atoms. The zero-order chi connectivity index (χ0) is 12.7. The summed E-state index contributed by atoms with van der Waals surface area (Å²) >= 11 is 0. The normalized spacial score (nSPS) is 11.2. The third-order valence-corrected chi connectivity index (χ3v) is 3.01. The van der Waals surface area contributed by atoms with Crippen LogP contribution in [0.25, 0.3) is 0 Å². The largest absolute Gasteiger partial charge is 0.490 e. The third kappa shape index (κ3) is 5.79. The minimum Gasteiger partial charge on any atom is -0.490 e. The predicted octanol–water partition coefficient (Wildman–Crippen LogP) is 2.42. The summed E-state index contributed by atoms with van der Waals surface area (Å²) < 4.78 is 32.2. The summed E-state index contributed by atoms with van der Waals surface area (Å²) in [6, 6.07) is 7.13. The van der Waals surface area contributed by atoms with Gasteiger partial charge < -0.3 is 9.47 Å². The highest BCUT2D eigenvalue weighted by atomic mass is 35.7. The van der Waals surface area contributed by atoms with Gasteiger partial charge in [0.15, 0.2) is 11.5 Å². The van der Waals surface area contributed by atoms with E-state index in [0.29, 0.717) is 18.1 Å². The van der Waals surface area contributed by atoms with Crippen LogP contribution in [0.2, 0.25) is 0 Å². The molecule has 96 valence electrons. The van der Waals surface area contributed by atoms with Gasteiger partial charge >= 0.3 is 0 Å². The maximum Gasteiger partial charge on any atom is 0.235 e. The SMILES string of the molecule is CCCOc1ccccc1OCCS(=O)(=O)Cl. The second-order valence-electron chi connectivity index (χ2n) is 3.39. The fourth-order valence-corrected chi connectivity index (χ4v) is 1.62. The van der Waals surface area contributed by atoms with E-state index in [1.165, 1.54) is 0 Å². The monoisotopic (exact) mass is 278 g/mol. The lowest BCUT2D eigenvalue weighted by Gasteiger charge is -2.11. The van der Waals surface area contributed by atoms with E-state index < -0.39 is 9.05 Å². The molecule has 0 aliphatic rings. The molecule has 0 aliphatic heterocycles. The number of rotatable bonds is 7. The molecule has 0 aromatic heterocycles. The Morgan fingerprint density at radius 3 is 2.12 bits per heavy atom. The average molecular weight is 279 g/mol. The first-order valence-electron chi connectivity index (χ1n) is 5.30. The van der Waals surface area contributed by atoms with Gasteiger partial charge in [-0.15, -0.1) is 0 Å². The lowest BCUT2D eigenvalue weighted by atomic mass is 10.3. The van der Waals surface area contributed by atoms with Gasteiger partial charge in [-0.2, -0.15) is 0 Å². The van der Waals surface area contributed by atoms with Crippen LogP contribution in [-0.2, 0) is 9.05 Å². The first-order valence-corrected chi connectivity index (χ1v) is 7.77. The van der Waals surface area contributed by atoms with Crippen LogP contribution in [0.3, 0.4) is 0 Å². The second kappa shape index (κ2) is 6.71. The van der Waals surface area contributed by atoms with Crippen LogP contribution in [-0.4, -0.2) is 27.4 Å². The molecule has 1 aromatic carbocycles. The molecule has 0 aliphatic carbocycles. The molecule has 0 atom stereocenters. The highest BCUT2D eigenvalue weighted by molar-refractivity contribution is 8.13. The van der Waals surface area contributed by atoms with E-state index in [9.17, 15) is 8.42 Å². The van der Waals surface area contributed by atoms with Crippen LogP contribution in [0.5, 0.6) is 11.5 Å². The van der Waals surface area contributed by atoms with E-state index in [-0.39, 0.29) is 12.4 Å². The molecule has 0 spiro atoms. The topological polar surface area (TPSA) is 52.6 Å². The Bertz CT molecular complexity index is 445. The number of hydrogen-bond acceptors (Lipinski definition) is 4. The number of ether oxygens (including phenoxy) is 2. The zero-order valence-corrected chi connectivity index (χ0v) is 11.1. The summed E-state index contributed by atoms with van der Waals surface area (Å²) in [6.45, 7) is 2.61. The van der Waals surface area contributed by atoms with Gasteiger partial charge in [-0.1, -0.05) is 19.1 Å². The molecule has 0 bridgehead atoms. The predicted molar refractivity (Wildman–Crippen MR) is 67.4 cm³/mol. The molecule has 0 radical (unpaired) electrons. The second-order valence-corrected chi connectivity index (χ2v) is 6.28. The van der Waals surface area contributed by atoms with Gasteiger partial charge in [0.25, 0.3) is 0 Å². The van der Waals surface area contributed by atoms with Crippen LogP contribution in [0.15, 0.2) is 24.3 Å². The van der Waals surface area contributed by atoms with Crippen molar-refractivity contribution < 1.29 is 17.9 Å². The number of benzene rings is 1. The van der Waals surface area contributed by atoms with Crippen molar-refractivity contribution in [2.24, 2.45) is 0 Å². The van der Waals surface area contributed by atoms with Gasteiger partial charge in [0.2, 0.25) is 9.05 Å². The van der Waals surface area contributed by atoms with Gasteiger partial charge in [-0.25, -0.2) is 8.42 Å². The molecule has 1 aromatic rings. The molecule has 0 saturated heterocycles. The Balaban J connectivity index is 2.57. The Kier molecular flexibility index (Phi) is 5.58. The van der Waals surface area contributed by atoms with Gasteiger partial charge in [0, 0.05) is 10.7 Å². The smallest absolute Gasteiger partial charge is 0.235 e. The van der Waals surface area contributed by atoms with E-state index in [1.807, 2.05) is 13.0 Å². The molecule has 6 heteroatoms. The van der Waals surface area contributed by atoms with Gasteiger partial charge in [0.1, 0.15) is 6.61 Å². The summed E-state index contributed by atoms with van der Waals surface area (Å²) in [7, 11) is 1.57. The van der Waals surface area contributed by atoms with Gasteiger partial charge in [-0.05, 0) is 18.6 Å². The van der Waals surface area contributed by atoms with E-state index in [1.54, 1.807) is 18.2 Å². The molecule has 0 N–H and O–H groups in total. The molecule has 0 amide bonds. The van der Waals surface area contributed by atoms with Crippen molar-refractivity contribution in [1.29, 1.82) is 0 Å². The summed E-state index contributed by atoms with van der Waals surface area (Å²) in [5, 5.41) is 0. The van der Waals surface area contributed by atoms with E-state index in [4.69, 9.17) is 20.2 Å². The Hall–Kier alpha value is -0.940. The molecular weight excluding hydrogens is 264 g/mol.